The van der Waals surface area contributed by atoms with Gasteiger partial charge in [-0.1, -0.05) is 48.5 Å². The molecule has 0 spiro atoms. The van der Waals surface area contributed by atoms with Gasteiger partial charge >= 0.3 is 11.9 Å². The lowest BCUT2D eigenvalue weighted by atomic mass is 10.0. The molecule has 112 valence electrons. The monoisotopic (exact) mass is 297 g/mol. The predicted octanol–water partition coefficient (Wildman–Crippen LogP) is 2.96. The molecule has 3 rings (SSSR count). The van der Waals surface area contributed by atoms with Crippen molar-refractivity contribution in [2.45, 2.75) is 13.5 Å². The van der Waals surface area contributed by atoms with E-state index in [1.54, 1.807) is 18.2 Å². The second-order valence-electron chi connectivity index (χ2n) is 4.55. The molecule has 1 aliphatic heterocycles. The Morgan fingerprint density at radius 2 is 1.68 bits per heavy atom. The number of para-hydroxylation sites is 1. The van der Waals surface area contributed by atoms with Gasteiger partial charge in [0.1, 0.15) is 6.61 Å². The number of carboxylic acids is 1. The molecule has 0 unspecified atom stereocenters. The quantitative estimate of drug-likeness (QED) is 0.884. The predicted molar refractivity (Wildman–Crippen MR) is 82.2 cm³/mol. The van der Waals surface area contributed by atoms with E-state index in [9.17, 15) is 9.59 Å². The highest BCUT2D eigenvalue weighted by molar-refractivity contribution is 6.47. The molecule has 0 aliphatic carbocycles. The fourth-order valence-electron chi connectivity index (χ4n) is 1.82. The Hall–Kier alpha value is -2.95. The summed E-state index contributed by atoms with van der Waals surface area (Å²) < 4.78 is 4.79. The van der Waals surface area contributed by atoms with E-state index < -0.39 is 5.97 Å². The van der Waals surface area contributed by atoms with Crippen LogP contribution < -0.4 is 0 Å². The van der Waals surface area contributed by atoms with E-state index >= 15 is 0 Å². The third-order valence-electron chi connectivity index (χ3n) is 2.88. The highest BCUT2D eigenvalue weighted by Gasteiger charge is 2.23. The molecule has 5 heteroatoms. The maximum atomic E-state index is 10.4. The number of hydrogen-bond acceptors (Lipinski definition) is 4. The fraction of sp³-hybridized carbons (Fsp3) is 0.118. The minimum atomic E-state index is -0.955. The fourth-order valence-corrected chi connectivity index (χ4v) is 1.82. The number of hydrogen-bond donors (Lipinski definition) is 1. The normalized spacial score (nSPS) is 11.0. The van der Waals surface area contributed by atoms with Crippen molar-refractivity contribution in [3.63, 3.8) is 0 Å². The van der Waals surface area contributed by atoms with Gasteiger partial charge in [0.05, 0.1) is 5.69 Å². The number of fused-ring (bicyclic) bond motifs is 1. The zero-order valence-corrected chi connectivity index (χ0v) is 12.0. The van der Waals surface area contributed by atoms with Gasteiger partial charge in [-0.05, 0) is 11.6 Å². The van der Waals surface area contributed by atoms with Crippen molar-refractivity contribution in [1.82, 2.24) is 0 Å². The van der Waals surface area contributed by atoms with Gasteiger partial charge in [0.25, 0.3) is 0 Å². The summed E-state index contributed by atoms with van der Waals surface area (Å²) in [6.07, 6.45) is 0. The minimum absolute atomic E-state index is 0.167. The number of aliphatic carboxylic acids is 1. The van der Waals surface area contributed by atoms with Gasteiger partial charge in [-0.15, -0.1) is 0 Å². The number of aliphatic imine (C=N–C) groups is 1. The average molecular weight is 297 g/mol. The molecule has 0 fully saturated rings. The number of esters is 1. The number of carbonyl (C=O) groups excluding carboxylic acids is 1. The number of ether oxygens (including phenoxy) is 1. The molecule has 0 aromatic heterocycles. The summed E-state index contributed by atoms with van der Waals surface area (Å²) in [5.41, 5.74) is 2.69. The average Bonchev–Trinajstić information content (AvgIpc) is 2.48. The van der Waals surface area contributed by atoms with Crippen LogP contribution in [0.4, 0.5) is 5.69 Å². The molecule has 0 amide bonds. The van der Waals surface area contributed by atoms with Crippen molar-refractivity contribution in [2.24, 2.45) is 4.99 Å². The van der Waals surface area contributed by atoms with Gasteiger partial charge in [-0.2, -0.15) is 0 Å². The lowest BCUT2D eigenvalue weighted by Crippen LogP contribution is -2.19. The molecule has 1 N–H and O–H groups in total. The first kappa shape index (κ1) is 15.4. The van der Waals surface area contributed by atoms with Crippen LogP contribution in [-0.4, -0.2) is 22.8 Å². The first-order valence-corrected chi connectivity index (χ1v) is 6.66. The molecule has 0 saturated heterocycles. The Morgan fingerprint density at radius 1 is 1.05 bits per heavy atom. The van der Waals surface area contributed by atoms with E-state index in [2.05, 4.69) is 4.99 Å². The molecule has 1 aliphatic rings. The number of benzene rings is 2. The van der Waals surface area contributed by atoms with E-state index in [1.165, 1.54) is 6.92 Å². The molecular formula is C17H15NO4. The summed E-state index contributed by atoms with van der Waals surface area (Å²) in [4.78, 5) is 24.6. The highest BCUT2D eigenvalue weighted by Crippen LogP contribution is 2.28. The molecule has 22 heavy (non-hydrogen) atoms. The summed E-state index contributed by atoms with van der Waals surface area (Å²) in [6, 6.07) is 16.8. The van der Waals surface area contributed by atoms with Crippen LogP contribution in [0.15, 0.2) is 59.6 Å². The Kier molecular flexibility index (Phi) is 5.03. The number of nitrogens with zero attached hydrogens (tertiary/aromatic N) is 1. The van der Waals surface area contributed by atoms with Gasteiger partial charge < -0.3 is 9.84 Å². The molecule has 1 heterocycles. The lowest BCUT2D eigenvalue weighted by molar-refractivity contribution is -0.142. The lowest BCUT2D eigenvalue weighted by Gasteiger charge is -2.13. The van der Waals surface area contributed by atoms with Crippen molar-refractivity contribution >= 4 is 23.3 Å². The zero-order chi connectivity index (χ0) is 15.9. The standard InChI is InChI=1S/C9H10O2.C8H5NO2/c1-8(10)11-7-9-5-3-2-4-6-9;10-8(11)7-5-3-1-2-4-6(5)9-7/h2-6H,7H2,1H3;1-4H,(H,10,11). The topological polar surface area (TPSA) is 76.0 Å². The van der Waals surface area contributed by atoms with Crippen molar-refractivity contribution < 1.29 is 19.4 Å². The Labute approximate surface area is 127 Å². The van der Waals surface area contributed by atoms with Crippen molar-refractivity contribution in [2.75, 3.05) is 0 Å². The van der Waals surface area contributed by atoms with Crippen LogP contribution in [0.1, 0.15) is 18.1 Å². The molecule has 0 radical (unpaired) electrons. The van der Waals surface area contributed by atoms with E-state index in [0.29, 0.717) is 6.61 Å². The highest BCUT2D eigenvalue weighted by atomic mass is 16.5. The Morgan fingerprint density at radius 3 is 2.27 bits per heavy atom. The van der Waals surface area contributed by atoms with Crippen LogP contribution in [0.2, 0.25) is 0 Å². The smallest absolute Gasteiger partial charge is 0.355 e. The van der Waals surface area contributed by atoms with E-state index in [-0.39, 0.29) is 11.7 Å². The summed E-state index contributed by atoms with van der Waals surface area (Å²) in [6.45, 7) is 1.78. The van der Waals surface area contributed by atoms with Gasteiger partial charge in [-0.3, -0.25) is 4.79 Å². The number of carboxylic acid groups (broad SMARTS) is 1. The second kappa shape index (κ2) is 7.17. The third-order valence-corrected chi connectivity index (χ3v) is 2.88. The minimum Gasteiger partial charge on any atom is -0.476 e. The zero-order valence-electron chi connectivity index (χ0n) is 12.0. The third kappa shape index (κ3) is 4.02. The summed E-state index contributed by atoms with van der Waals surface area (Å²) in [7, 11) is 0. The SMILES string of the molecule is CC(=O)OCc1ccccc1.O=C(O)C1=Nc2ccccc21. The van der Waals surface area contributed by atoms with E-state index in [0.717, 1.165) is 16.8 Å². The molecule has 2 aromatic carbocycles. The van der Waals surface area contributed by atoms with Crippen molar-refractivity contribution in [3.8, 4) is 0 Å². The number of rotatable bonds is 3. The molecule has 2 aromatic rings. The first-order chi connectivity index (χ1) is 10.6. The van der Waals surface area contributed by atoms with Crippen LogP contribution in [0.3, 0.4) is 0 Å². The van der Waals surface area contributed by atoms with Crippen LogP contribution in [0.25, 0.3) is 0 Å². The summed E-state index contributed by atoms with van der Waals surface area (Å²) in [5.74, 6) is -1.20. The molecular weight excluding hydrogens is 282 g/mol. The largest absolute Gasteiger partial charge is 0.476 e. The maximum absolute atomic E-state index is 10.4. The molecule has 0 atom stereocenters. The van der Waals surface area contributed by atoms with Crippen molar-refractivity contribution in [3.05, 3.63) is 65.7 Å². The number of carbonyl (C=O) groups is 2. The molecule has 0 bridgehead atoms. The second-order valence-corrected chi connectivity index (χ2v) is 4.55. The Balaban J connectivity index is 0.000000160. The first-order valence-electron chi connectivity index (χ1n) is 6.66. The van der Waals surface area contributed by atoms with Gasteiger partial charge in [0, 0.05) is 12.5 Å². The maximum Gasteiger partial charge on any atom is 0.355 e. The van der Waals surface area contributed by atoms with Crippen LogP contribution in [0.5, 0.6) is 0 Å². The van der Waals surface area contributed by atoms with Crippen LogP contribution in [0, 0.1) is 0 Å². The Bertz CT molecular complexity index is 708. The molecule has 5 nitrogen and oxygen atoms in total. The van der Waals surface area contributed by atoms with Crippen LogP contribution in [-0.2, 0) is 20.9 Å². The van der Waals surface area contributed by atoms with E-state index in [4.69, 9.17) is 9.84 Å². The van der Waals surface area contributed by atoms with Crippen molar-refractivity contribution in [1.29, 1.82) is 0 Å². The van der Waals surface area contributed by atoms with Gasteiger partial charge in [0.2, 0.25) is 0 Å². The molecule has 0 saturated carbocycles. The summed E-state index contributed by atoms with van der Waals surface area (Å²) >= 11 is 0. The van der Waals surface area contributed by atoms with E-state index in [1.807, 2.05) is 36.4 Å². The summed E-state index contributed by atoms with van der Waals surface area (Å²) in [5, 5.41) is 8.55. The van der Waals surface area contributed by atoms with Gasteiger partial charge in [0.15, 0.2) is 5.71 Å². The van der Waals surface area contributed by atoms with Gasteiger partial charge in [-0.25, -0.2) is 9.79 Å². The van der Waals surface area contributed by atoms with Crippen LogP contribution >= 0.6 is 0 Å².